The van der Waals surface area contributed by atoms with E-state index < -0.39 is 0 Å². The first-order chi connectivity index (χ1) is 7.16. The molecule has 3 heteroatoms. The Labute approximate surface area is 91.5 Å². The first kappa shape index (κ1) is 10.3. The van der Waals surface area contributed by atoms with Crippen molar-refractivity contribution in [3.63, 3.8) is 0 Å². The fraction of sp³-hybridized carbons (Fsp3) is 0.500. The van der Waals surface area contributed by atoms with E-state index in [0.717, 1.165) is 31.9 Å². The Morgan fingerprint density at radius 1 is 1.13 bits per heavy atom. The van der Waals surface area contributed by atoms with Gasteiger partial charge in [0, 0.05) is 26.2 Å². The largest absolute Gasteiger partial charge is 0.397 e. The molecule has 0 radical (unpaired) electrons. The highest BCUT2D eigenvalue weighted by atomic mass is 15.2. The van der Waals surface area contributed by atoms with Crippen molar-refractivity contribution in [3.8, 4) is 0 Å². The van der Waals surface area contributed by atoms with Crippen LogP contribution in [0.5, 0.6) is 0 Å². The van der Waals surface area contributed by atoms with E-state index in [-0.39, 0.29) is 0 Å². The summed E-state index contributed by atoms with van der Waals surface area (Å²) in [4.78, 5) is 4.72. The molecular formula is C12H19N3. The maximum Gasteiger partial charge on any atom is 0.0601 e. The molecule has 1 aliphatic rings. The number of nitrogen functional groups attached to an aromatic ring is 1. The van der Waals surface area contributed by atoms with Crippen LogP contribution in [0.2, 0.25) is 0 Å². The Bertz CT molecular complexity index is 341. The number of likely N-dealkylation sites (N-methyl/N-ethyl adjacent to an activating group) is 1. The highest BCUT2D eigenvalue weighted by molar-refractivity contribution is 5.68. The van der Waals surface area contributed by atoms with Crippen LogP contribution in [0.3, 0.4) is 0 Å². The predicted octanol–water partition coefficient (Wildman–Crippen LogP) is 1.33. The zero-order chi connectivity index (χ0) is 10.8. The van der Waals surface area contributed by atoms with Crippen LogP contribution in [0.25, 0.3) is 0 Å². The molecule has 3 nitrogen and oxygen atoms in total. The third-order valence-corrected chi connectivity index (χ3v) is 3.03. The maximum atomic E-state index is 6.03. The summed E-state index contributed by atoms with van der Waals surface area (Å²) in [6.45, 7) is 6.46. The van der Waals surface area contributed by atoms with Crippen molar-refractivity contribution in [1.82, 2.24) is 4.90 Å². The van der Waals surface area contributed by atoms with Gasteiger partial charge in [-0.3, -0.25) is 0 Å². The molecule has 0 spiro atoms. The minimum atomic E-state index is 0.902. The molecule has 0 atom stereocenters. The van der Waals surface area contributed by atoms with E-state index in [0.29, 0.717) is 0 Å². The van der Waals surface area contributed by atoms with Gasteiger partial charge < -0.3 is 15.5 Å². The van der Waals surface area contributed by atoms with Crippen molar-refractivity contribution in [2.45, 2.75) is 6.92 Å². The summed E-state index contributed by atoms with van der Waals surface area (Å²) in [5.41, 5.74) is 9.35. The molecule has 2 rings (SSSR count). The number of aryl methyl sites for hydroxylation is 1. The number of nitrogens with zero attached hydrogens (tertiary/aromatic N) is 2. The second kappa shape index (κ2) is 4.11. The van der Waals surface area contributed by atoms with Crippen molar-refractivity contribution in [2.75, 3.05) is 43.9 Å². The van der Waals surface area contributed by atoms with E-state index in [9.17, 15) is 0 Å². The van der Waals surface area contributed by atoms with Crippen LogP contribution < -0.4 is 10.6 Å². The number of rotatable bonds is 1. The molecule has 0 aromatic heterocycles. The zero-order valence-electron chi connectivity index (χ0n) is 9.53. The van der Waals surface area contributed by atoms with Crippen molar-refractivity contribution in [2.24, 2.45) is 0 Å². The molecule has 0 aliphatic carbocycles. The van der Waals surface area contributed by atoms with Gasteiger partial charge in [-0.2, -0.15) is 0 Å². The monoisotopic (exact) mass is 205 g/mol. The minimum absolute atomic E-state index is 0.902. The average Bonchev–Trinajstić information content (AvgIpc) is 2.20. The second-order valence-corrected chi connectivity index (χ2v) is 4.35. The SMILES string of the molecule is Cc1ccc(N2CCN(C)CC2)c(N)c1. The topological polar surface area (TPSA) is 32.5 Å². The van der Waals surface area contributed by atoms with Gasteiger partial charge >= 0.3 is 0 Å². The van der Waals surface area contributed by atoms with Gasteiger partial charge in [0.1, 0.15) is 0 Å². The Morgan fingerprint density at radius 3 is 2.40 bits per heavy atom. The molecule has 1 aromatic carbocycles. The highest BCUT2D eigenvalue weighted by Crippen LogP contribution is 2.24. The molecule has 1 heterocycles. The first-order valence-electron chi connectivity index (χ1n) is 5.46. The molecule has 82 valence electrons. The van der Waals surface area contributed by atoms with Crippen LogP contribution in [-0.4, -0.2) is 38.1 Å². The van der Waals surface area contributed by atoms with Crippen molar-refractivity contribution < 1.29 is 0 Å². The third-order valence-electron chi connectivity index (χ3n) is 3.03. The number of hydrogen-bond donors (Lipinski definition) is 1. The molecule has 15 heavy (non-hydrogen) atoms. The summed E-state index contributed by atoms with van der Waals surface area (Å²) in [6, 6.07) is 6.31. The fourth-order valence-corrected chi connectivity index (χ4v) is 2.01. The summed E-state index contributed by atoms with van der Waals surface area (Å²) < 4.78 is 0. The van der Waals surface area contributed by atoms with E-state index >= 15 is 0 Å². The van der Waals surface area contributed by atoms with Gasteiger partial charge in [0.05, 0.1) is 11.4 Å². The van der Waals surface area contributed by atoms with Gasteiger partial charge in [0.2, 0.25) is 0 Å². The van der Waals surface area contributed by atoms with Gasteiger partial charge in [-0.15, -0.1) is 0 Å². The number of benzene rings is 1. The number of anilines is 2. The summed E-state index contributed by atoms with van der Waals surface area (Å²) in [7, 11) is 2.16. The lowest BCUT2D eigenvalue weighted by atomic mass is 10.1. The minimum Gasteiger partial charge on any atom is -0.397 e. The van der Waals surface area contributed by atoms with E-state index in [2.05, 4.69) is 35.9 Å². The smallest absolute Gasteiger partial charge is 0.0601 e. The normalized spacial score (nSPS) is 18.1. The summed E-state index contributed by atoms with van der Waals surface area (Å²) in [6.07, 6.45) is 0. The molecule has 1 aromatic rings. The van der Waals surface area contributed by atoms with Crippen LogP contribution >= 0.6 is 0 Å². The molecule has 0 bridgehead atoms. The maximum absolute atomic E-state index is 6.03. The summed E-state index contributed by atoms with van der Waals surface area (Å²) in [5.74, 6) is 0. The van der Waals surface area contributed by atoms with Crippen LogP contribution in [0.1, 0.15) is 5.56 Å². The summed E-state index contributed by atoms with van der Waals surface area (Å²) >= 11 is 0. The van der Waals surface area contributed by atoms with E-state index in [1.807, 2.05) is 6.07 Å². The number of piperazine rings is 1. The van der Waals surface area contributed by atoms with Crippen LogP contribution in [0, 0.1) is 6.92 Å². The Morgan fingerprint density at radius 2 is 1.80 bits per heavy atom. The molecule has 1 aliphatic heterocycles. The molecule has 1 fully saturated rings. The molecule has 0 saturated carbocycles. The van der Waals surface area contributed by atoms with Gasteiger partial charge in [0.25, 0.3) is 0 Å². The van der Waals surface area contributed by atoms with Crippen molar-refractivity contribution in [3.05, 3.63) is 23.8 Å². The van der Waals surface area contributed by atoms with E-state index in [4.69, 9.17) is 5.73 Å². The fourth-order valence-electron chi connectivity index (χ4n) is 2.01. The lowest BCUT2D eigenvalue weighted by Gasteiger charge is -2.34. The molecule has 0 unspecified atom stereocenters. The standard InChI is InChI=1S/C12H19N3/c1-10-3-4-12(11(13)9-10)15-7-5-14(2)6-8-15/h3-4,9H,5-8,13H2,1-2H3. The predicted molar refractivity (Wildman–Crippen MR) is 65.3 cm³/mol. The second-order valence-electron chi connectivity index (χ2n) is 4.35. The van der Waals surface area contributed by atoms with Gasteiger partial charge in [-0.1, -0.05) is 6.07 Å². The van der Waals surface area contributed by atoms with Crippen LogP contribution in [0.15, 0.2) is 18.2 Å². The van der Waals surface area contributed by atoms with Gasteiger partial charge in [-0.25, -0.2) is 0 Å². The van der Waals surface area contributed by atoms with E-state index in [1.54, 1.807) is 0 Å². The van der Waals surface area contributed by atoms with Gasteiger partial charge in [0.15, 0.2) is 0 Å². The Balaban J connectivity index is 2.15. The van der Waals surface area contributed by atoms with Crippen molar-refractivity contribution in [1.29, 1.82) is 0 Å². The van der Waals surface area contributed by atoms with Crippen LogP contribution in [0.4, 0.5) is 11.4 Å². The average molecular weight is 205 g/mol. The number of hydrogen-bond acceptors (Lipinski definition) is 3. The molecule has 1 saturated heterocycles. The van der Waals surface area contributed by atoms with Crippen LogP contribution in [-0.2, 0) is 0 Å². The van der Waals surface area contributed by atoms with Gasteiger partial charge in [-0.05, 0) is 31.7 Å². The quantitative estimate of drug-likeness (QED) is 0.702. The molecule has 2 N–H and O–H groups in total. The lowest BCUT2D eigenvalue weighted by molar-refractivity contribution is 0.313. The lowest BCUT2D eigenvalue weighted by Crippen LogP contribution is -2.44. The summed E-state index contributed by atoms with van der Waals surface area (Å²) in [5, 5.41) is 0. The number of nitrogens with two attached hydrogens (primary N) is 1. The Hall–Kier alpha value is -1.22. The molecule has 0 amide bonds. The zero-order valence-corrected chi connectivity index (χ0v) is 9.53. The Kier molecular flexibility index (Phi) is 2.82. The highest BCUT2D eigenvalue weighted by Gasteiger charge is 2.15. The third kappa shape index (κ3) is 2.23. The first-order valence-corrected chi connectivity index (χ1v) is 5.46. The van der Waals surface area contributed by atoms with Crippen molar-refractivity contribution >= 4 is 11.4 Å². The molecular weight excluding hydrogens is 186 g/mol. The van der Waals surface area contributed by atoms with E-state index in [1.165, 1.54) is 11.3 Å².